The van der Waals surface area contributed by atoms with Crippen LogP contribution in [-0.4, -0.2) is 23.3 Å². The van der Waals surface area contributed by atoms with E-state index < -0.39 is 11.7 Å². The molecule has 0 unspecified atom stereocenters. The number of para-hydroxylation sites is 2. The summed E-state index contributed by atoms with van der Waals surface area (Å²) in [6, 6.07) is 18.5. The van der Waals surface area contributed by atoms with Gasteiger partial charge >= 0.3 is 0 Å². The SMILES string of the molecule is O=C(Nc1cccnc1Oc1ccccc1)[C@@H]1CC(=O)N(c2ccccc2F)C1. The molecular weight excluding hydrogens is 373 g/mol. The molecule has 1 saturated heterocycles. The predicted octanol–water partition coefficient (Wildman–Crippen LogP) is 4.00. The van der Waals surface area contributed by atoms with Crippen LogP contribution in [-0.2, 0) is 9.59 Å². The molecule has 1 atom stereocenters. The van der Waals surface area contributed by atoms with Gasteiger partial charge in [0.1, 0.15) is 17.3 Å². The van der Waals surface area contributed by atoms with Gasteiger partial charge in [0.05, 0.1) is 11.6 Å². The number of ether oxygens (including phenoxy) is 1. The molecule has 1 N–H and O–H groups in total. The number of benzene rings is 2. The third-order valence-corrected chi connectivity index (χ3v) is 4.63. The predicted molar refractivity (Wildman–Crippen MR) is 106 cm³/mol. The highest BCUT2D eigenvalue weighted by Gasteiger charge is 2.36. The zero-order chi connectivity index (χ0) is 20.2. The summed E-state index contributed by atoms with van der Waals surface area (Å²) >= 11 is 0. The van der Waals surface area contributed by atoms with Crippen molar-refractivity contribution in [2.24, 2.45) is 5.92 Å². The first-order chi connectivity index (χ1) is 14.1. The minimum Gasteiger partial charge on any atom is -0.437 e. The van der Waals surface area contributed by atoms with Crippen LogP contribution >= 0.6 is 0 Å². The summed E-state index contributed by atoms with van der Waals surface area (Å²) < 4.78 is 19.8. The summed E-state index contributed by atoms with van der Waals surface area (Å²) in [5.74, 6) is -0.893. The number of halogens is 1. The molecular formula is C22H18FN3O3. The highest BCUT2D eigenvalue weighted by atomic mass is 19.1. The fraction of sp³-hybridized carbons (Fsp3) is 0.136. The number of aromatic nitrogens is 1. The number of hydrogen-bond donors (Lipinski definition) is 1. The highest BCUT2D eigenvalue weighted by Crippen LogP contribution is 2.30. The molecule has 1 aliphatic heterocycles. The molecule has 0 aliphatic carbocycles. The van der Waals surface area contributed by atoms with Gasteiger partial charge < -0.3 is 15.0 Å². The number of hydrogen-bond acceptors (Lipinski definition) is 4. The number of amides is 2. The van der Waals surface area contributed by atoms with Crippen molar-refractivity contribution in [2.45, 2.75) is 6.42 Å². The van der Waals surface area contributed by atoms with Gasteiger partial charge in [0.15, 0.2) is 0 Å². The van der Waals surface area contributed by atoms with E-state index in [0.29, 0.717) is 11.4 Å². The van der Waals surface area contributed by atoms with E-state index in [1.54, 1.807) is 42.6 Å². The molecule has 0 saturated carbocycles. The van der Waals surface area contributed by atoms with Gasteiger partial charge in [0.25, 0.3) is 0 Å². The first-order valence-corrected chi connectivity index (χ1v) is 9.15. The van der Waals surface area contributed by atoms with E-state index in [-0.39, 0.29) is 36.3 Å². The lowest BCUT2D eigenvalue weighted by Gasteiger charge is -2.17. The van der Waals surface area contributed by atoms with Crippen molar-refractivity contribution in [3.8, 4) is 11.6 Å². The molecule has 4 rings (SSSR count). The topological polar surface area (TPSA) is 71.5 Å². The molecule has 0 spiro atoms. The maximum atomic E-state index is 14.0. The van der Waals surface area contributed by atoms with Crippen LogP contribution in [0.25, 0.3) is 0 Å². The summed E-state index contributed by atoms with van der Waals surface area (Å²) in [5.41, 5.74) is 0.584. The Hall–Kier alpha value is -3.74. The second-order valence-electron chi connectivity index (χ2n) is 6.62. The van der Waals surface area contributed by atoms with Crippen molar-refractivity contribution in [3.05, 3.63) is 78.7 Å². The summed E-state index contributed by atoms with van der Waals surface area (Å²) in [6.07, 6.45) is 1.57. The normalized spacial score (nSPS) is 16.0. The van der Waals surface area contributed by atoms with Crippen LogP contribution in [0.4, 0.5) is 15.8 Å². The molecule has 6 nitrogen and oxygen atoms in total. The maximum absolute atomic E-state index is 14.0. The van der Waals surface area contributed by atoms with E-state index in [1.165, 1.54) is 17.0 Å². The third kappa shape index (κ3) is 4.08. The quantitative estimate of drug-likeness (QED) is 0.714. The van der Waals surface area contributed by atoms with Gasteiger partial charge in [-0.15, -0.1) is 0 Å². The average Bonchev–Trinajstić information content (AvgIpc) is 3.12. The molecule has 0 bridgehead atoms. The number of nitrogens with one attached hydrogen (secondary N) is 1. The molecule has 0 radical (unpaired) electrons. The molecule has 2 amide bonds. The van der Waals surface area contributed by atoms with Crippen molar-refractivity contribution < 1.29 is 18.7 Å². The van der Waals surface area contributed by atoms with Crippen LogP contribution in [0, 0.1) is 11.7 Å². The van der Waals surface area contributed by atoms with Crippen LogP contribution < -0.4 is 15.0 Å². The summed E-state index contributed by atoms with van der Waals surface area (Å²) in [7, 11) is 0. The molecule has 3 aromatic rings. The Labute approximate surface area is 166 Å². The molecule has 1 aliphatic rings. The van der Waals surface area contributed by atoms with Crippen LogP contribution in [0.15, 0.2) is 72.9 Å². The Morgan fingerprint density at radius 2 is 1.83 bits per heavy atom. The van der Waals surface area contributed by atoms with Gasteiger partial charge in [0.2, 0.25) is 17.7 Å². The van der Waals surface area contributed by atoms with E-state index in [4.69, 9.17) is 4.74 Å². The average molecular weight is 391 g/mol. The molecule has 29 heavy (non-hydrogen) atoms. The third-order valence-electron chi connectivity index (χ3n) is 4.63. The monoisotopic (exact) mass is 391 g/mol. The van der Waals surface area contributed by atoms with Crippen molar-refractivity contribution in [1.29, 1.82) is 0 Å². The molecule has 1 fully saturated rings. The Morgan fingerprint density at radius 1 is 1.07 bits per heavy atom. The molecule has 2 heterocycles. The number of carbonyl (C=O) groups is 2. The zero-order valence-electron chi connectivity index (χ0n) is 15.4. The van der Waals surface area contributed by atoms with Crippen molar-refractivity contribution in [2.75, 3.05) is 16.8 Å². The summed E-state index contributed by atoms with van der Waals surface area (Å²) in [4.78, 5) is 30.6. The number of rotatable bonds is 5. The standard InChI is InChI=1S/C22H18FN3O3/c23-17-9-4-5-11-19(17)26-14-15(13-20(26)27)21(28)25-18-10-6-12-24-22(18)29-16-7-2-1-3-8-16/h1-12,15H,13-14H2,(H,25,28)/t15-/m1/s1. The van der Waals surface area contributed by atoms with Gasteiger partial charge in [-0.3, -0.25) is 9.59 Å². The Morgan fingerprint density at radius 3 is 2.62 bits per heavy atom. The Bertz CT molecular complexity index is 1040. The molecule has 7 heteroatoms. The van der Waals surface area contributed by atoms with E-state index in [1.807, 2.05) is 18.2 Å². The Kier molecular flexibility index (Phi) is 5.20. The first-order valence-electron chi connectivity index (χ1n) is 9.15. The lowest BCUT2D eigenvalue weighted by atomic mass is 10.1. The highest BCUT2D eigenvalue weighted by molar-refractivity contribution is 6.03. The van der Waals surface area contributed by atoms with Crippen molar-refractivity contribution >= 4 is 23.2 Å². The van der Waals surface area contributed by atoms with E-state index in [2.05, 4.69) is 10.3 Å². The van der Waals surface area contributed by atoms with Crippen molar-refractivity contribution in [3.63, 3.8) is 0 Å². The molecule has 146 valence electrons. The van der Waals surface area contributed by atoms with Crippen molar-refractivity contribution in [1.82, 2.24) is 4.98 Å². The number of anilines is 2. The first kappa shape index (κ1) is 18.6. The van der Waals surface area contributed by atoms with Crippen LogP contribution in [0.3, 0.4) is 0 Å². The van der Waals surface area contributed by atoms with Crippen LogP contribution in [0.2, 0.25) is 0 Å². The van der Waals surface area contributed by atoms with Crippen LogP contribution in [0.5, 0.6) is 11.6 Å². The van der Waals surface area contributed by atoms with Gasteiger partial charge in [-0.1, -0.05) is 30.3 Å². The van der Waals surface area contributed by atoms with Gasteiger partial charge in [-0.2, -0.15) is 0 Å². The van der Waals surface area contributed by atoms with Crippen LogP contribution in [0.1, 0.15) is 6.42 Å². The minimum absolute atomic E-state index is 0.00923. The second-order valence-corrected chi connectivity index (χ2v) is 6.62. The Balaban J connectivity index is 1.48. The zero-order valence-corrected chi connectivity index (χ0v) is 15.4. The fourth-order valence-electron chi connectivity index (χ4n) is 3.19. The van der Waals surface area contributed by atoms with Gasteiger partial charge in [0, 0.05) is 19.2 Å². The van der Waals surface area contributed by atoms with E-state index >= 15 is 0 Å². The number of carbonyl (C=O) groups excluding carboxylic acids is 2. The number of nitrogens with zero attached hydrogens (tertiary/aromatic N) is 2. The van der Waals surface area contributed by atoms with E-state index in [9.17, 15) is 14.0 Å². The van der Waals surface area contributed by atoms with Gasteiger partial charge in [-0.25, -0.2) is 9.37 Å². The second kappa shape index (κ2) is 8.10. The fourth-order valence-corrected chi connectivity index (χ4v) is 3.19. The summed E-state index contributed by atoms with van der Waals surface area (Å²) in [5, 5.41) is 2.78. The maximum Gasteiger partial charge on any atom is 0.243 e. The van der Waals surface area contributed by atoms with E-state index in [0.717, 1.165) is 0 Å². The lowest BCUT2D eigenvalue weighted by Crippen LogP contribution is -2.28. The molecule has 2 aromatic carbocycles. The minimum atomic E-state index is -0.605. The largest absolute Gasteiger partial charge is 0.437 e. The van der Waals surface area contributed by atoms with Gasteiger partial charge in [-0.05, 0) is 36.4 Å². The molecule has 1 aromatic heterocycles. The number of pyridine rings is 1. The summed E-state index contributed by atoms with van der Waals surface area (Å²) in [6.45, 7) is 0.112. The lowest BCUT2D eigenvalue weighted by molar-refractivity contribution is -0.122. The smallest absolute Gasteiger partial charge is 0.243 e.